The summed E-state index contributed by atoms with van der Waals surface area (Å²) in [5, 5.41) is 0. The van der Waals surface area contributed by atoms with Gasteiger partial charge in [0, 0.05) is 13.5 Å². The molecule has 4 nitrogen and oxygen atoms in total. The fourth-order valence-corrected chi connectivity index (χ4v) is 0.973. The van der Waals surface area contributed by atoms with E-state index in [1.165, 1.54) is 4.90 Å². The van der Waals surface area contributed by atoms with Gasteiger partial charge in [0.15, 0.2) is 5.72 Å². The van der Waals surface area contributed by atoms with E-state index >= 15 is 0 Å². The van der Waals surface area contributed by atoms with E-state index in [9.17, 15) is 9.59 Å². The average Bonchev–Trinajstić information content (AvgIpc) is 2.17. The van der Waals surface area contributed by atoms with E-state index in [0.717, 1.165) is 0 Å². The molecule has 1 saturated heterocycles. The van der Waals surface area contributed by atoms with Crippen LogP contribution in [0.3, 0.4) is 0 Å². The van der Waals surface area contributed by atoms with Gasteiger partial charge in [-0.2, -0.15) is 0 Å². The molecule has 0 aromatic heterocycles. The number of ether oxygens (including phenoxy) is 1. The van der Waals surface area contributed by atoms with Crippen molar-refractivity contribution in [1.82, 2.24) is 4.90 Å². The van der Waals surface area contributed by atoms with Gasteiger partial charge in [-0.1, -0.05) is 6.92 Å². The van der Waals surface area contributed by atoms with Crippen molar-refractivity contribution in [3.63, 3.8) is 0 Å². The summed E-state index contributed by atoms with van der Waals surface area (Å²) in [6.07, 6.45) is 0.612. The second-order valence-electron chi connectivity index (χ2n) is 2.78. The van der Waals surface area contributed by atoms with Gasteiger partial charge >= 0.3 is 11.9 Å². The van der Waals surface area contributed by atoms with E-state index in [4.69, 9.17) is 4.74 Å². The molecular weight excluding hydrogens is 146 g/mol. The zero-order chi connectivity index (χ0) is 8.65. The first-order valence-corrected chi connectivity index (χ1v) is 3.52. The van der Waals surface area contributed by atoms with Gasteiger partial charge in [0.05, 0.1) is 0 Å². The van der Waals surface area contributed by atoms with Crippen molar-refractivity contribution in [3.8, 4) is 0 Å². The Morgan fingerprint density at radius 1 is 1.55 bits per heavy atom. The van der Waals surface area contributed by atoms with Crippen molar-refractivity contribution in [3.05, 3.63) is 0 Å². The molecule has 1 aliphatic rings. The standard InChI is InChI=1S/C7H11NO3/c1-4-7(2)8(3)5(9)6(10)11-7/h4H2,1-3H3. The lowest BCUT2D eigenvalue weighted by Gasteiger charge is -2.27. The molecule has 0 saturated carbocycles. The molecule has 1 amide bonds. The lowest BCUT2D eigenvalue weighted by molar-refractivity contribution is -0.153. The minimum Gasteiger partial charge on any atom is -0.432 e. The van der Waals surface area contributed by atoms with Crippen LogP contribution in [0.4, 0.5) is 0 Å². The third-order valence-corrected chi connectivity index (χ3v) is 2.16. The van der Waals surface area contributed by atoms with Crippen LogP contribution in [0.15, 0.2) is 0 Å². The first kappa shape index (κ1) is 8.04. The number of hydrogen-bond donors (Lipinski definition) is 0. The second kappa shape index (κ2) is 2.22. The molecular formula is C7H11NO3. The average molecular weight is 157 g/mol. The predicted molar refractivity (Wildman–Crippen MR) is 37.6 cm³/mol. The maximum atomic E-state index is 10.9. The molecule has 1 rings (SSSR count). The van der Waals surface area contributed by atoms with Gasteiger partial charge in [-0.3, -0.25) is 9.69 Å². The molecule has 0 bridgehead atoms. The van der Waals surface area contributed by atoms with Gasteiger partial charge in [0.25, 0.3) is 0 Å². The summed E-state index contributed by atoms with van der Waals surface area (Å²) >= 11 is 0. The SMILES string of the molecule is CCC1(C)OC(=O)C(=O)N1C. The summed E-state index contributed by atoms with van der Waals surface area (Å²) in [5.74, 6) is -1.31. The zero-order valence-corrected chi connectivity index (χ0v) is 6.88. The quantitative estimate of drug-likeness (QED) is 0.401. The van der Waals surface area contributed by atoms with Crippen molar-refractivity contribution in [2.45, 2.75) is 26.0 Å². The Morgan fingerprint density at radius 2 is 2.09 bits per heavy atom. The largest absolute Gasteiger partial charge is 0.432 e. The highest BCUT2D eigenvalue weighted by Crippen LogP contribution is 2.25. The summed E-state index contributed by atoms with van der Waals surface area (Å²) in [4.78, 5) is 23.0. The van der Waals surface area contributed by atoms with E-state index in [2.05, 4.69) is 0 Å². The molecule has 62 valence electrons. The Morgan fingerprint density at radius 3 is 2.27 bits per heavy atom. The maximum Gasteiger partial charge on any atom is 0.399 e. The third kappa shape index (κ3) is 0.982. The molecule has 1 atom stereocenters. The van der Waals surface area contributed by atoms with Crippen LogP contribution in [-0.4, -0.2) is 29.5 Å². The number of cyclic esters (lactones) is 1. The molecule has 1 heterocycles. The highest BCUT2D eigenvalue weighted by Gasteiger charge is 2.45. The predicted octanol–water partition coefficient (Wildman–Crippen LogP) is 0.128. The number of likely N-dealkylation sites (N-methyl/N-ethyl adjacent to an activating group) is 1. The maximum absolute atomic E-state index is 10.9. The van der Waals surface area contributed by atoms with E-state index in [1.807, 2.05) is 6.92 Å². The molecule has 1 aliphatic heterocycles. The number of rotatable bonds is 1. The van der Waals surface area contributed by atoms with Gasteiger partial charge in [-0.25, -0.2) is 4.79 Å². The molecule has 1 unspecified atom stereocenters. The van der Waals surface area contributed by atoms with Crippen molar-refractivity contribution in [1.29, 1.82) is 0 Å². The van der Waals surface area contributed by atoms with Crippen molar-refractivity contribution in [2.24, 2.45) is 0 Å². The molecule has 0 N–H and O–H groups in total. The van der Waals surface area contributed by atoms with Gasteiger partial charge in [0.2, 0.25) is 0 Å². The molecule has 0 aromatic carbocycles. The fourth-order valence-electron chi connectivity index (χ4n) is 0.973. The number of esters is 1. The Hall–Kier alpha value is -1.06. The van der Waals surface area contributed by atoms with E-state index in [-0.39, 0.29) is 0 Å². The summed E-state index contributed by atoms with van der Waals surface area (Å²) < 4.78 is 4.86. The molecule has 11 heavy (non-hydrogen) atoms. The minimum absolute atomic E-state index is 0.561. The van der Waals surface area contributed by atoms with Gasteiger partial charge in [0.1, 0.15) is 0 Å². The van der Waals surface area contributed by atoms with Crippen LogP contribution in [0.5, 0.6) is 0 Å². The summed E-state index contributed by atoms with van der Waals surface area (Å²) in [5.41, 5.74) is -0.728. The summed E-state index contributed by atoms with van der Waals surface area (Å²) in [7, 11) is 1.57. The van der Waals surface area contributed by atoms with Crippen molar-refractivity contribution >= 4 is 11.9 Å². The highest BCUT2D eigenvalue weighted by atomic mass is 16.6. The molecule has 0 aliphatic carbocycles. The minimum atomic E-state index is -0.753. The topological polar surface area (TPSA) is 46.6 Å². The molecule has 1 fully saturated rings. The molecule has 0 spiro atoms. The molecule has 4 heteroatoms. The van der Waals surface area contributed by atoms with Gasteiger partial charge in [-0.15, -0.1) is 0 Å². The Labute approximate surface area is 65.1 Å². The Balaban J connectivity index is 2.90. The van der Waals surface area contributed by atoms with E-state index in [1.54, 1.807) is 14.0 Å². The second-order valence-corrected chi connectivity index (χ2v) is 2.78. The number of amides is 1. The first-order chi connectivity index (χ1) is 5.01. The molecule has 0 radical (unpaired) electrons. The zero-order valence-electron chi connectivity index (χ0n) is 6.88. The van der Waals surface area contributed by atoms with Crippen LogP contribution in [0, 0.1) is 0 Å². The first-order valence-electron chi connectivity index (χ1n) is 3.52. The van der Waals surface area contributed by atoms with Crippen molar-refractivity contribution < 1.29 is 14.3 Å². The smallest absolute Gasteiger partial charge is 0.399 e. The van der Waals surface area contributed by atoms with Crippen LogP contribution in [0.25, 0.3) is 0 Å². The van der Waals surface area contributed by atoms with Crippen LogP contribution >= 0.6 is 0 Å². The highest BCUT2D eigenvalue weighted by molar-refractivity contribution is 6.34. The lowest BCUT2D eigenvalue weighted by Crippen LogP contribution is -2.40. The fraction of sp³-hybridized carbons (Fsp3) is 0.714. The number of carbonyl (C=O) groups excluding carboxylic acids is 2. The summed E-state index contributed by atoms with van der Waals surface area (Å²) in [6.45, 7) is 3.58. The lowest BCUT2D eigenvalue weighted by atomic mass is 10.2. The summed E-state index contributed by atoms with van der Waals surface area (Å²) in [6, 6.07) is 0. The van der Waals surface area contributed by atoms with Crippen LogP contribution in [0.2, 0.25) is 0 Å². The normalized spacial score (nSPS) is 31.0. The third-order valence-electron chi connectivity index (χ3n) is 2.16. The van der Waals surface area contributed by atoms with Crippen molar-refractivity contribution in [2.75, 3.05) is 7.05 Å². The number of nitrogens with zero attached hydrogens (tertiary/aromatic N) is 1. The van der Waals surface area contributed by atoms with Crippen LogP contribution < -0.4 is 0 Å². The van der Waals surface area contributed by atoms with E-state index < -0.39 is 17.6 Å². The number of hydrogen-bond acceptors (Lipinski definition) is 3. The monoisotopic (exact) mass is 157 g/mol. The van der Waals surface area contributed by atoms with Crippen LogP contribution in [0.1, 0.15) is 20.3 Å². The van der Waals surface area contributed by atoms with Crippen LogP contribution in [-0.2, 0) is 14.3 Å². The van der Waals surface area contributed by atoms with Gasteiger partial charge < -0.3 is 4.74 Å². The number of carbonyl (C=O) groups is 2. The van der Waals surface area contributed by atoms with Gasteiger partial charge in [-0.05, 0) is 6.92 Å². The molecule has 0 aromatic rings. The Kier molecular flexibility index (Phi) is 1.62. The Bertz CT molecular complexity index is 214. The van der Waals surface area contributed by atoms with E-state index in [0.29, 0.717) is 6.42 Å².